The Labute approximate surface area is 136 Å². The molecule has 24 heavy (non-hydrogen) atoms. The molecule has 2 amide bonds. The van der Waals surface area contributed by atoms with Crippen molar-refractivity contribution >= 4 is 23.2 Å². The lowest BCUT2D eigenvalue weighted by Gasteiger charge is -2.14. The van der Waals surface area contributed by atoms with Gasteiger partial charge in [0, 0.05) is 5.69 Å². The van der Waals surface area contributed by atoms with Gasteiger partial charge in [0.05, 0.1) is 11.3 Å². The summed E-state index contributed by atoms with van der Waals surface area (Å²) in [6, 6.07) is 11.3. The first-order valence-corrected chi connectivity index (χ1v) is 7.19. The summed E-state index contributed by atoms with van der Waals surface area (Å²) in [6.07, 6.45) is -4.00. The van der Waals surface area contributed by atoms with E-state index in [1.54, 1.807) is 24.3 Å². The SMILES string of the molecule is CCc1ccccc1NC(=O)C(=O)Nc1ccccc1C(F)(F)F. The third-order valence-electron chi connectivity index (χ3n) is 3.33. The second kappa shape index (κ2) is 7.16. The molecular weight excluding hydrogens is 321 g/mol. The molecule has 2 rings (SSSR count). The minimum absolute atomic E-state index is 0.448. The van der Waals surface area contributed by atoms with Gasteiger partial charge >= 0.3 is 18.0 Å². The van der Waals surface area contributed by atoms with E-state index in [9.17, 15) is 22.8 Å². The molecule has 4 nitrogen and oxygen atoms in total. The van der Waals surface area contributed by atoms with Crippen LogP contribution in [0.25, 0.3) is 0 Å². The molecule has 7 heteroatoms. The number of benzene rings is 2. The van der Waals surface area contributed by atoms with Gasteiger partial charge < -0.3 is 10.6 Å². The molecule has 0 saturated carbocycles. The summed E-state index contributed by atoms with van der Waals surface area (Å²) in [6.45, 7) is 1.88. The first-order chi connectivity index (χ1) is 11.3. The number of halogens is 3. The number of carbonyl (C=O) groups excluding carboxylic acids is 2. The Balaban J connectivity index is 2.15. The van der Waals surface area contributed by atoms with Crippen molar-refractivity contribution in [3.05, 3.63) is 59.7 Å². The van der Waals surface area contributed by atoms with Crippen molar-refractivity contribution in [1.82, 2.24) is 0 Å². The van der Waals surface area contributed by atoms with Crippen LogP contribution in [0.1, 0.15) is 18.1 Å². The van der Waals surface area contributed by atoms with Crippen molar-refractivity contribution in [1.29, 1.82) is 0 Å². The van der Waals surface area contributed by atoms with Crippen molar-refractivity contribution in [3.63, 3.8) is 0 Å². The maximum Gasteiger partial charge on any atom is 0.418 e. The highest BCUT2D eigenvalue weighted by Gasteiger charge is 2.34. The monoisotopic (exact) mass is 336 g/mol. The average molecular weight is 336 g/mol. The van der Waals surface area contributed by atoms with Gasteiger partial charge in [0.15, 0.2) is 0 Å². The van der Waals surface area contributed by atoms with E-state index in [-0.39, 0.29) is 0 Å². The minimum Gasteiger partial charge on any atom is -0.318 e. The van der Waals surface area contributed by atoms with Gasteiger partial charge in [-0.3, -0.25) is 9.59 Å². The molecular formula is C17H15F3N2O2. The first kappa shape index (κ1) is 17.5. The molecule has 0 atom stereocenters. The maximum atomic E-state index is 12.9. The number of amides is 2. The van der Waals surface area contributed by atoms with E-state index in [0.29, 0.717) is 12.1 Å². The fourth-order valence-corrected chi connectivity index (χ4v) is 2.15. The molecule has 0 heterocycles. The van der Waals surface area contributed by atoms with Gasteiger partial charge in [-0.2, -0.15) is 13.2 Å². The van der Waals surface area contributed by atoms with Crippen LogP contribution < -0.4 is 10.6 Å². The van der Waals surface area contributed by atoms with Crippen molar-refractivity contribution < 1.29 is 22.8 Å². The molecule has 0 spiro atoms. The van der Waals surface area contributed by atoms with Gasteiger partial charge in [-0.25, -0.2) is 0 Å². The van der Waals surface area contributed by atoms with Gasteiger partial charge in [0.2, 0.25) is 0 Å². The highest BCUT2D eigenvalue weighted by atomic mass is 19.4. The highest BCUT2D eigenvalue weighted by Crippen LogP contribution is 2.34. The smallest absolute Gasteiger partial charge is 0.318 e. The molecule has 0 saturated heterocycles. The zero-order chi connectivity index (χ0) is 17.7. The lowest BCUT2D eigenvalue weighted by Crippen LogP contribution is -2.30. The molecule has 0 aromatic heterocycles. The lowest BCUT2D eigenvalue weighted by molar-refractivity contribution is -0.137. The number of hydrogen-bond acceptors (Lipinski definition) is 2. The summed E-state index contributed by atoms with van der Waals surface area (Å²) < 4.78 is 38.7. The topological polar surface area (TPSA) is 58.2 Å². The van der Waals surface area contributed by atoms with Crippen molar-refractivity contribution in [2.75, 3.05) is 10.6 Å². The third kappa shape index (κ3) is 4.13. The van der Waals surface area contributed by atoms with Crippen LogP contribution in [-0.4, -0.2) is 11.8 Å². The molecule has 2 aromatic carbocycles. The molecule has 0 fully saturated rings. The van der Waals surface area contributed by atoms with Crippen molar-refractivity contribution in [2.24, 2.45) is 0 Å². The summed E-state index contributed by atoms with van der Waals surface area (Å²) in [5, 5.41) is 4.41. The Kier molecular flexibility index (Phi) is 5.23. The Hall–Kier alpha value is -2.83. The predicted molar refractivity (Wildman–Crippen MR) is 84.5 cm³/mol. The Morgan fingerprint density at radius 3 is 1.96 bits per heavy atom. The summed E-state index contributed by atoms with van der Waals surface area (Å²) in [5.74, 6) is -2.20. The number of rotatable bonds is 3. The first-order valence-electron chi connectivity index (χ1n) is 7.19. The van der Waals surface area contributed by atoms with E-state index in [4.69, 9.17) is 0 Å². The Morgan fingerprint density at radius 2 is 1.38 bits per heavy atom. The van der Waals surface area contributed by atoms with E-state index in [2.05, 4.69) is 5.32 Å². The molecule has 0 unspecified atom stereocenters. The molecule has 2 N–H and O–H groups in total. The quantitative estimate of drug-likeness (QED) is 0.837. The molecule has 0 aliphatic carbocycles. The van der Waals surface area contributed by atoms with Gasteiger partial charge in [0.25, 0.3) is 0 Å². The molecule has 0 aliphatic rings. The summed E-state index contributed by atoms with van der Waals surface area (Å²) in [7, 11) is 0. The van der Waals surface area contributed by atoms with E-state index < -0.39 is 29.2 Å². The second-order valence-electron chi connectivity index (χ2n) is 4.96. The number of aryl methyl sites for hydroxylation is 1. The zero-order valence-electron chi connectivity index (χ0n) is 12.8. The maximum absolute atomic E-state index is 12.9. The zero-order valence-corrected chi connectivity index (χ0v) is 12.8. The molecule has 0 radical (unpaired) electrons. The summed E-state index contributed by atoms with van der Waals surface area (Å²) >= 11 is 0. The molecule has 2 aromatic rings. The fraction of sp³-hybridized carbons (Fsp3) is 0.176. The third-order valence-corrected chi connectivity index (χ3v) is 3.33. The number of hydrogen-bond donors (Lipinski definition) is 2. The molecule has 126 valence electrons. The second-order valence-corrected chi connectivity index (χ2v) is 4.96. The van der Waals surface area contributed by atoms with Crippen LogP contribution in [0.4, 0.5) is 24.5 Å². The highest BCUT2D eigenvalue weighted by molar-refractivity contribution is 6.43. The normalized spacial score (nSPS) is 11.0. The number of alkyl halides is 3. The van der Waals surface area contributed by atoms with Gasteiger partial charge in [-0.05, 0) is 30.2 Å². The van der Waals surface area contributed by atoms with Gasteiger partial charge in [-0.1, -0.05) is 37.3 Å². The fourth-order valence-electron chi connectivity index (χ4n) is 2.15. The van der Waals surface area contributed by atoms with E-state index in [1.807, 2.05) is 12.2 Å². The molecule has 0 aliphatic heterocycles. The average Bonchev–Trinajstić information content (AvgIpc) is 2.54. The van der Waals surface area contributed by atoms with Crippen LogP contribution in [-0.2, 0) is 22.2 Å². The Morgan fingerprint density at radius 1 is 0.875 bits per heavy atom. The van der Waals surface area contributed by atoms with Gasteiger partial charge in [-0.15, -0.1) is 0 Å². The van der Waals surface area contributed by atoms with Crippen LogP contribution in [0.2, 0.25) is 0 Å². The Bertz CT molecular complexity index is 757. The van der Waals surface area contributed by atoms with Crippen molar-refractivity contribution in [3.8, 4) is 0 Å². The lowest BCUT2D eigenvalue weighted by atomic mass is 10.1. The summed E-state index contributed by atoms with van der Waals surface area (Å²) in [4.78, 5) is 23.8. The molecule has 0 bridgehead atoms. The summed E-state index contributed by atoms with van der Waals surface area (Å²) in [5.41, 5.74) is -0.215. The van der Waals surface area contributed by atoms with Crippen LogP contribution in [0.3, 0.4) is 0 Å². The van der Waals surface area contributed by atoms with Gasteiger partial charge in [0.1, 0.15) is 0 Å². The number of carbonyl (C=O) groups is 2. The number of anilines is 2. The standard InChI is InChI=1S/C17H15F3N2O2/c1-2-11-7-3-5-9-13(11)21-15(23)16(24)22-14-10-6-4-8-12(14)17(18,19)20/h3-10H,2H2,1H3,(H,21,23)(H,22,24). The van der Waals surface area contributed by atoms with Crippen LogP contribution in [0.5, 0.6) is 0 Å². The van der Waals surface area contributed by atoms with Crippen molar-refractivity contribution in [2.45, 2.75) is 19.5 Å². The minimum atomic E-state index is -4.63. The van der Waals surface area contributed by atoms with E-state index in [0.717, 1.165) is 17.7 Å². The number of para-hydroxylation sites is 2. The largest absolute Gasteiger partial charge is 0.418 e. The van der Waals surface area contributed by atoms with E-state index >= 15 is 0 Å². The van der Waals surface area contributed by atoms with Crippen LogP contribution >= 0.6 is 0 Å². The van der Waals surface area contributed by atoms with Crippen LogP contribution in [0, 0.1) is 0 Å². The number of nitrogens with one attached hydrogen (secondary N) is 2. The van der Waals surface area contributed by atoms with E-state index in [1.165, 1.54) is 12.1 Å². The van der Waals surface area contributed by atoms with Crippen LogP contribution in [0.15, 0.2) is 48.5 Å². The predicted octanol–water partition coefficient (Wildman–Crippen LogP) is 3.85.